The molecule has 94 valence electrons. The molecule has 0 unspecified atom stereocenters. The van der Waals surface area contributed by atoms with Crippen molar-refractivity contribution in [1.29, 1.82) is 0 Å². The van der Waals surface area contributed by atoms with Gasteiger partial charge in [0.2, 0.25) is 0 Å². The van der Waals surface area contributed by atoms with Gasteiger partial charge < -0.3 is 9.47 Å². The summed E-state index contributed by atoms with van der Waals surface area (Å²) < 4.78 is 41.4. The fourth-order valence-electron chi connectivity index (χ4n) is 1.14. The van der Waals surface area contributed by atoms with Crippen molar-refractivity contribution in [3.05, 3.63) is 18.2 Å². The Hall–Kier alpha value is -2.15. The Bertz CT molecular complexity index is 604. The van der Waals surface area contributed by atoms with Crippen LogP contribution in [0, 0.1) is 24.7 Å². The third-order valence-corrected chi connectivity index (χ3v) is 2.70. The molecule has 0 spiro atoms. The first-order valence-electron chi connectivity index (χ1n) is 4.73. The summed E-state index contributed by atoms with van der Waals surface area (Å²) in [6, 6.07) is 3.89. The van der Waals surface area contributed by atoms with Crippen LogP contribution in [0.5, 0.6) is 11.5 Å². The van der Waals surface area contributed by atoms with Crippen molar-refractivity contribution in [2.24, 2.45) is 0 Å². The zero-order valence-electron chi connectivity index (χ0n) is 9.29. The van der Waals surface area contributed by atoms with E-state index in [4.69, 9.17) is 26.9 Å². The number of terminal acetylenes is 2. The van der Waals surface area contributed by atoms with Crippen molar-refractivity contribution in [3.63, 3.8) is 0 Å². The van der Waals surface area contributed by atoms with E-state index in [1.807, 2.05) is 0 Å². The van der Waals surface area contributed by atoms with Crippen LogP contribution in [0.3, 0.4) is 0 Å². The molecule has 0 amide bonds. The summed E-state index contributed by atoms with van der Waals surface area (Å²) in [6.07, 6.45) is 10.0. The Morgan fingerprint density at radius 2 is 1.78 bits per heavy atom. The molecule has 5 nitrogen and oxygen atoms in total. The molecule has 0 aliphatic carbocycles. The predicted molar refractivity (Wildman–Crippen MR) is 64.9 cm³/mol. The molecular formula is C12H10O5S. The Kier molecular flexibility index (Phi) is 4.61. The van der Waals surface area contributed by atoms with E-state index in [2.05, 4.69) is 11.8 Å². The number of hydrogen-bond donors (Lipinski definition) is 1. The van der Waals surface area contributed by atoms with Crippen molar-refractivity contribution in [2.75, 3.05) is 13.2 Å². The summed E-state index contributed by atoms with van der Waals surface area (Å²) >= 11 is 0. The molecule has 0 saturated carbocycles. The molecule has 1 rings (SSSR count). The van der Waals surface area contributed by atoms with E-state index in [0.717, 1.165) is 6.07 Å². The number of ether oxygens (including phenoxy) is 2. The summed E-state index contributed by atoms with van der Waals surface area (Å²) in [5.41, 5.74) is 0. The molecule has 0 bridgehead atoms. The van der Waals surface area contributed by atoms with Crippen molar-refractivity contribution >= 4 is 10.1 Å². The molecule has 0 radical (unpaired) electrons. The van der Waals surface area contributed by atoms with Gasteiger partial charge in [0.25, 0.3) is 10.1 Å². The van der Waals surface area contributed by atoms with E-state index in [0.29, 0.717) is 0 Å². The highest BCUT2D eigenvalue weighted by Crippen LogP contribution is 2.28. The van der Waals surface area contributed by atoms with Crippen LogP contribution in [0.25, 0.3) is 0 Å². The second-order valence-electron chi connectivity index (χ2n) is 3.07. The van der Waals surface area contributed by atoms with Gasteiger partial charge in [-0.05, 0) is 12.1 Å². The zero-order valence-corrected chi connectivity index (χ0v) is 10.1. The minimum absolute atomic E-state index is 0.0184. The lowest BCUT2D eigenvalue weighted by Crippen LogP contribution is -2.05. The first-order chi connectivity index (χ1) is 8.49. The second kappa shape index (κ2) is 5.97. The average molecular weight is 266 g/mol. The standard InChI is InChI=1S/C12H10O5S/c1-3-7-16-10-5-6-11(17-8-4-2)12(9-10)18(13,14)15/h1-2,5-6,9H,7-8H2,(H,13,14,15). The van der Waals surface area contributed by atoms with Crippen LogP contribution in [-0.2, 0) is 10.1 Å². The first kappa shape index (κ1) is 13.9. The summed E-state index contributed by atoms with van der Waals surface area (Å²) in [4.78, 5) is -0.424. The van der Waals surface area contributed by atoms with Crippen molar-refractivity contribution < 1.29 is 22.4 Å². The molecule has 0 saturated heterocycles. The topological polar surface area (TPSA) is 72.8 Å². The lowest BCUT2D eigenvalue weighted by molar-refractivity contribution is 0.348. The van der Waals surface area contributed by atoms with Crippen LogP contribution in [-0.4, -0.2) is 26.2 Å². The van der Waals surface area contributed by atoms with Gasteiger partial charge in [-0.1, -0.05) is 11.8 Å². The molecule has 0 heterocycles. The smallest absolute Gasteiger partial charge is 0.298 e. The van der Waals surface area contributed by atoms with Gasteiger partial charge in [0.15, 0.2) is 0 Å². The van der Waals surface area contributed by atoms with Crippen LogP contribution >= 0.6 is 0 Å². The molecule has 1 aromatic carbocycles. The molecule has 6 heteroatoms. The van der Waals surface area contributed by atoms with Gasteiger partial charge in [-0.2, -0.15) is 8.42 Å². The van der Waals surface area contributed by atoms with Crippen molar-refractivity contribution in [1.82, 2.24) is 0 Å². The minimum Gasteiger partial charge on any atom is -0.481 e. The zero-order chi connectivity index (χ0) is 13.6. The van der Waals surface area contributed by atoms with Gasteiger partial charge in [-0.25, -0.2) is 0 Å². The molecular weight excluding hydrogens is 256 g/mol. The number of hydrogen-bond acceptors (Lipinski definition) is 4. The van der Waals surface area contributed by atoms with E-state index in [-0.39, 0.29) is 24.7 Å². The van der Waals surface area contributed by atoms with Crippen molar-refractivity contribution in [2.45, 2.75) is 4.90 Å². The van der Waals surface area contributed by atoms with Crippen LogP contribution in [0.2, 0.25) is 0 Å². The van der Waals surface area contributed by atoms with E-state index in [1.54, 1.807) is 0 Å². The number of rotatable bonds is 5. The molecule has 0 aliphatic heterocycles. The van der Waals surface area contributed by atoms with Gasteiger partial charge in [0.1, 0.15) is 29.6 Å². The lowest BCUT2D eigenvalue weighted by Gasteiger charge is -2.09. The normalized spacial score (nSPS) is 10.2. The molecule has 0 aromatic heterocycles. The summed E-state index contributed by atoms with van der Waals surface area (Å²) in [5, 5.41) is 0. The van der Waals surface area contributed by atoms with Crippen molar-refractivity contribution in [3.8, 4) is 36.2 Å². The fraction of sp³-hybridized carbons (Fsp3) is 0.167. The summed E-state index contributed by atoms with van der Waals surface area (Å²) in [6.45, 7) is -0.136. The fourth-order valence-corrected chi connectivity index (χ4v) is 1.79. The van der Waals surface area contributed by atoms with E-state index < -0.39 is 15.0 Å². The molecule has 0 atom stereocenters. The summed E-state index contributed by atoms with van der Waals surface area (Å²) in [5.74, 6) is 4.57. The summed E-state index contributed by atoms with van der Waals surface area (Å²) in [7, 11) is -4.44. The van der Waals surface area contributed by atoms with Gasteiger partial charge in [-0.15, -0.1) is 12.8 Å². The number of benzene rings is 1. The Morgan fingerprint density at radius 3 is 2.33 bits per heavy atom. The SMILES string of the molecule is C#CCOc1ccc(OCC#C)c(S(=O)(=O)O)c1. The highest BCUT2D eigenvalue weighted by molar-refractivity contribution is 7.86. The third kappa shape index (κ3) is 3.70. The van der Waals surface area contributed by atoms with Gasteiger partial charge in [0.05, 0.1) is 0 Å². The van der Waals surface area contributed by atoms with E-state index >= 15 is 0 Å². The first-order valence-corrected chi connectivity index (χ1v) is 6.17. The van der Waals surface area contributed by atoms with E-state index in [1.165, 1.54) is 12.1 Å². The Labute approximate surface area is 105 Å². The van der Waals surface area contributed by atoms with E-state index in [9.17, 15) is 8.42 Å². The largest absolute Gasteiger partial charge is 0.481 e. The van der Waals surface area contributed by atoms with Crippen LogP contribution in [0.15, 0.2) is 23.1 Å². The third-order valence-electron chi connectivity index (χ3n) is 1.83. The van der Waals surface area contributed by atoms with Gasteiger partial charge >= 0.3 is 0 Å². The quantitative estimate of drug-likeness (QED) is 0.634. The average Bonchev–Trinajstić information content (AvgIpc) is 2.33. The molecule has 1 aromatic rings. The monoisotopic (exact) mass is 266 g/mol. The maximum absolute atomic E-state index is 11.2. The molecule has 18 heavy (non-hydrogen) atoms. The predicted octanol–water partition coefficient (Wildman–Crippen LogP) is 0.957. The molecule has 0 aliphatic rings. The maximum atomic E-state index is 11.2. The highest BCUT2D eigenvalue weighted by atomic mass is 32.2. The molecule has 0 fully saturated rings. The second-order valence-corrected chi connectivity index (χ2v) is 4.46. The van der Waals surface area contributed by atoms with Gasteiger partial charge in [-0.3, -0.25) is 4.55 Å². The van der Waals surface area contributed by atoms with Crippen LogP contribution in [0.1, 0.15) is 0 Å². The Morgan fingerprint density at radius 1 is 1.17 bits per heavy atom. The van der Waals surface area contributed by atoms with Gasteiger partial charge in [0, 0.05) is 6.07 Å². The maximum Gasteiger partial charge on any atom is 0.298 e. The van der Waals surface area contributed by atoms with Crippen LogP contribution < -0.4 is 9.47 Å². The lowest BCUT2D eigenvalue weighted by atomic mass is 10.3. The minimum atomic E-state index is -4.44. The van der Waals surface area contributed by atoms with Crippen LogP contribution in [0.4, 0.5) is 0 Å². The Balaban J connectivity index is 3.14. The highest BCUT2D eigenvalue weighted by Gasteiger charge is 2.18. The molecule has 1 N–H and O–H groups in total.